The molecule has 1 atom stereocenters. The van der Waals surface area contributed by atoms with Crippen molar-refractivity contribution in [1.82, 2.24) is 9.97 Å². The zero-order chi connectivity index (χ0) is 22.0. The maximum absolute atomic E-state index is 12.6. The number of aryl methyl sites for hydroxylation is 2. The minimum Gasteiger partial charge on any atom is -0.449 e. The summed E-state index contributed by atoms with van der Waals surface area (Å²) in [5, 5.41) is 2.85. The zero-order valence-electron chi connectivity index (χ0n) is 17.6. The lowest BCUT2D eigenvalue weighted by atomic mass is 10.1. The molecule has 156 valence electrons. The van der Waals surface area contributed by atoms with Gasteiger partial charge in [-0.3, -0.25) is 4.79 Å². The van der Waals surface area contributed by atoms with Crippen LogP contribution in [0.3, 0.4) is 0 Å². The van der Waals surface area contributed by atoms with Gasteiger partial charge in [-0.1, -0.05) is 48.5 Å². The number of anilines is 1. The van der Waals surface area contributed by atoms with Gasteiger partial charge in [-0.15, -0.1) is 0 Å². The first kappa shape index (κ1) is 20.3. The summed E-state index contributed by atoms with van der Waals surface area (Å²) < 4.78 is 5.41. The van der Waals surface area contributed by atoms with E-state index in [1.165, 1.54) is 0 Å². The Labute approximate surface area is 180 Å². The third-order valence-corrected chi connectivity index (χ3v) is 5.15. The van der Waals surface area contributed by atoms with Crippen LogP contribution in [0.25, 0.3) is 22.4 Å². The Morgan fingerprint density at radius 3 is 2.39 bits per heavy atom. The molecule has 0 aliphatic rings. The molecule has 4 rings (SSSR count). The number of nitrogens with one attached hydrogen (secondary N) is 2. The minimum absolute atomic E-state index is 0.350. The third kappa shape index (κ3) is 4.33. The standard InChI is InChI=1S/C25H23N3O3/c1-15-8-7-9-16(2)22(15)28-24(29)17(3)31-25(30)19-12-13-20-21(14-19)27-23(26-20)18-10-5-4-6-11-18/h4-14,17H,1-3H3,(H,26,27)(H,28,29). The van der Waals surface area contributed by atoms with Crippen LogP contribution in [0.15, 0.2) is 66.7 Å². The Hall–Kier alpha value is -3.93. The summed E-state index contributed by atoms with van der Waals surface area (Å²) in [4.78, 5) is 33.0. The van der Waals surface area contributed by atoms with Gasteiger partial charge in [-0.2, -0.15) is 0 Å². The topological polar surface area (TPSA) is 84.1 Å². The lowest BCUT2D eigenvalue weighted by Gasteiger charge is -2.16. The van der Waals surface area contributed by atoms with Crippen molar-refractivity contribution in [2.24, 2.45) is 0 Å². The van der Waals surface area contributed by atoms with Crippen molar-refractivity contribution < 1.29 is 14.3 Å². The molecule has 1 unspecified atom stereocenters. The average Bonchev–Trinajstić information content (AvgIpc) is 3.20. The van der Waals surface area contributed by atoms with Crippen molar-refractivity contribution in [1.29, 1.82) is 0 Å². The molecule has 6 nitrogen and oxygen atoms in total. The predicted molar refractivity (Wildman–Crippen MR) is 121 cm³/mol. The normalized spacial score (nSPS) is 11.8. The van der Waals surface area contributed by atoms with Gasteiger partial charge in [0.15, 0.2) is 6.10 Å². The van der Waals surface area contributed by atoms with E-state index in [2.05, 4.69) is 15.3 Å². The SMILES string of the molecule is Cc1cccc(C)c1NC(=O)C(C)OC(=O)c1ccc2nc(-c3ccccc3)[nH]c2c1. The molecule has 0 fully saturated rings. The van der Waals surface area contributed by atoms with Crippen LogP contribution < -0.4 is 5.32 Å². The van der Waals surface area contributed by atoms with Crippen LogP contribution in [0.5, 0.6) is 0 Å². The molecule has 1 aromatic heterocycles. The van der Waals surface area contributed by atoms with E-state index in [1.54, 1.807) is 25.1 Å². The van der Waals surface area contributed by atoms with Gasteiger partial charge >= 0.3 is 5.97 Å². The van der Waals surface area contributed by atoms with Crippen molar-refractivity contribution in [2.45, 2.75) is 26.9 Å². The van der Waals surface area contributed by atoms with Gasteiger partial charge in [-0.05, 0) is 50.1 Å². The maximum atomic E-state index is 12.6. The number of imidazole rings is 1. The van der Waals surface area contributed by atoms with Crippen LogP contribution in [0, 0.1) is 13.8 Å². The molecule has 1 amide bonds. The van der Waals surface area contributed by atoms with Crippen molar-refractivity contribution in [2.75, 3.05) is 5.32 Å². The first-order chi connectivity index (χ1) is 14.9. The summed E-state index contributed by atoms with van der Waals surface area (Å²) in [6, 6.07) is 20.6. The van der Waals surface area contributed by atoms with Gasteiger partial charge < -0.3 is 15.0 Å². The number of H-pyrrole nitrogens is 1. The highest BCUT2D eigenvalue weighted by Crippen LogP contribution is 2.22. The van der Waals surface area contributed by atoms with Gasteiger partial charge in [0.05, 0.1) is 16.6 Å². The van der Waals surface area contributed by atoms with Crippen LogP contribution >= 0.6 is 0 Å². The second-order valence-electron chi connectivity index (χ2n) is 7.49. The fourth-order valence-electron chi connectivity index (χ4n) is 3.39. The zero-order valence-corrected chi connectivity index (χ0v) is 17.6. The molecule has 0 bridgehead atoms. The number of fused-ring (bicyclic) bond motifs is 1. The highest BCUT2D eigenvalue weighted by Gasteiger charge is 2.20. The monoisotopic (exact) mass is 413 g/mol. The third-order valence-electron chi connectivity index (χ3n) is 5.15. The number of esters is 1. The average molecular weight is 413 g/mol. The second kappa shape index (κ2) is 8.44. The smallest absolute Gasteiger partial charge is 0.338 e. The number of amides is 1. The first-order valence-corrected chi connectivity index (χ1v) is 10.1. The molecule has 31 heavy (non-hydrogen) atoms. The van der Waals surface area contributed by atoms with E-state index in [4.69, 9.17) is 4.74 Å². The molecule has 4 aromatic rings. The van der Waals surface area contributed by atoms with Crippen molar-refractivity contribution in [3.63, 3.8) is 0 Å². The first-order valence-electron chi connectivity index (χ1n) is 10.1. The summed E-state index contributed by atoms with van der Waals surface area (Å²) in [6.07, 6.45) is -0.941. The second-order valence-corrected chi connectivity index (χ2v) is 7.49. The fraction of sp³-hybridized carbons (Fsp3) is 0.160. The van der Waals surface area contributed by atoms with E-state index in [-0.39, 0.29) is 5.91 Å². The quantitative estimate of drug-likeness (QED) is 0.450. The van der Waals surface area contributed by atoms with E-state index in [0.29, 0.717) is 5.56 Å². The molecule has 0 aliphatic heterocycles. The Kier molecular flexibility index (Phi) is 5.54. The van der Waals surface area contributed by atoms with Crippen LogP contribution in [0.4, 0.5) is 5.69 Å². The van der Waals surface area contributed by atoms with E-state index in [1.807, 2.05) is 62.4 Å². The molecule has 0 saturated carbocycles. The van der Waals surface area contributed by atoms with Crippen molar-refractivity contribution >= 4 is 28.6 Å². The van der Waals surface area contributed by atoms with Gasteiger partial charge in [-0.25, -0.2) is 9.78 Å². The predicted octanol–water partition coefficient (Wildman–Crippen LogP) is 5.03. The number of benzene rings is 3. The summed E-state index contributed by atoms with van der Waals surface area (Å²) >= 11 is 0. The molecule has 0 radical (unpaired) electrons. The van der Waals surface area contributed by atoms with Gasteiger partial charge in [0, 0.05) is 11.3 Å². The number of carbonyl (C=O) groups excluding carboxylic acids is 2. The van der Waals surface area contributed by atoms with E-state index in [9.17, 15) is 9.59 Å². The van der Waals surface area contributed by atoms with Gasteiger partial charge in [0.1, 0.15) is 5.82 Å². The van der Waals surface area contributed by atoms with Gasteiger partial charge in [0.2, 0.25) is 0 Å². The molecule has 3 aromatic carbocycles. The lowest BCUT2D eigenvalue weighted by molar-refractivity contribution is -0.123. The molecule has 6 heteroatoms. The number of ether oxygens (including phenoxy) is 1. The fourth-order valence-corrected chi connectivity index (χ4v) is 3.39. The number of rotatable bonds is 5. The van der Waals surface area contributed by atoms with Crippen LogP contribution in [0.1, 0.15) is 28.4 Å². The maximum Gasteiger partial charge on any atom is 0.338 e. The summed E-state index contributed by atoms with van der Waals surface area (Å²) in [6.45, 7) is 5.40. The number of carbonyl (C=O) groups is 2. The van der Waals surface area contributed by atoms with E-state index >= 15 is 0 Å². The summed E-state index contributed by atoms with van der Waals surface area (Å²) in [5.41, 5.74) is 5.42. The number of nitrogens with zero attached hydrogens (tertiary/aromatic N) is 1. The number of aromatic amines is 1. The summed E-state index contributed by atoms with van der Waals surface area (Å²) in [7, 11) is 0. The van der Waals surface area contributed by atoms with E-state index in [0.717, 1.165) is 39.2 Å². The number of para-hydroxylation sites is 1. The molecule has 0 saturated heterocycles. The highest BCUT2D eigenvalue weighted by atomic mass is 16.5. The van der Waals surface area contributed by atoms with Gasteiger partial charge in [0.25, 0.3) is 5.91 Å². The van der Waals surface area contributed by atoms with Crippen molar-refractivity contribution in [3.05, 3.63) is 83.4 Å². The lowest BCUT2D eigenvalue weighted by Crippen LogP contribution is -2.30. The summed E-state index contributed by atoms with van der Waals surface area (Å²) in [5.74, 6) is -0.218. The number of hydrogen-bond donors (Lipinski definition) is 2. The number of hydrogen-bond acceptors (Lipinski definition) is 4. The largest absolute Gasteiger partial charge is 0.449 e. The Morgan fingerprint density at radius 2 is 1.68 bits per heavy atom. The minimum atomic E-state index is -0.941. The molecular weight excluding hydrogens is 390 g/mol. The highest BCUT2D eigenvalue weighted by molar-refractivity contribution is 5.99. The number of aromatic nitrogens is 2. The molecule has 0 spiro atoms. The molecule has 2 N–H and O–H groups in total. The molecule has 0 aliphatic carbocycles. The Morgan fingerprint density at radius 1 is 0.968 bits per heavy atom. The molecule has 1 heterocycles. The van der Waals surface area contributed by atoms with E-state index < -0.39 is 12.1 Å². The van der Waals surface area contributed by atoms with Crippen LogP contribution in [-0.4, -0.2) is 27.9 Å². The Bertz CT molecular complexity index is 1240. The Balaban J connectivity index is 1.48. The van der Waals surface area contributed by atoms with Crippen molar-refractivity contribution in [3.8, 4) is 11.4 Å². The van der Waals surface area contributed by atoms with Crippen LogP contribution in [0.2, 0.25) is 0 Å². The van der Waals surface area contributed by atoms with Crippen LogP contribution in [-0.2, 0) is 9.53 Å². The molecular formula is C25H23N3O3.